The van der Waals surface area contributed by atoms with E-state index in [1.807, 2.05) is 25.1 Å². The van der Waals surface area contributed by atoms with E-state index in [4.69, 9.17) is 25.7 Å². The number of halogens is 1. The molecule has 1 atom stereocenters. The highest BCUT2D eigenvalue weighted by Gasteiger charge is 2.31. The molecule has 1 aliphatic heterocycles. The summed E-state index contributed by atoms with van der Waals surface area (Å²) in [5.41, 5.74) is 3.68. The summed E-state index contributed by atoms with van der Waals surface area (Å²) in [6.07, 6.45) is 2.09. The number of amides is 1. The second kappa shape index (κ2) is 11.1. The Morgan fingerprint density at radius 3 is 2.75 bits per heavy atom. The van der Waals surface area contributed by atoms with Gasteiger partial charge in [-0.25, -0.2) is 14.8 Å². The van der Waals surface area contributed by atoms with Crippen LogP contribution in [-0.4, -0.2) is 40.0 Å². The first kappa shape index (κ1) is 26.7. The number of nitrogens with one attached hydrogen (secondary N) is 3. The Balaban J connectivity index is 1.51. The second-order valence-electron chi connectivity index (χ2n) is 8.88. The molecule has 2 aromatic carbocycles. The van der Waals surface area contributed by atoms with Gasteiger partial charge in [-0.3, -0.25) is 10.1 Å². The number of methoxy groups -OCH3 is 1. The summed E-state index contributed by atoms with van der Waals surface area (Å²) in [5.74, 6) is -0.753. The molecule has 0 fully saturated rings. The molecule has 5 rings (SSSR count). The highest BCUT2D eigenvalue weighted by atomic mass is 35.5. The first-order valence-corrected chi connectivity index (χ1v) is 12.7. The van der Waals surface area contributed by atoms with Crippen molar-refractivity contribution in [1.29, 1.82) is 0 Å². The lowest BCUT2D eigenvalue weighted by Gasteiger charge is -2.27. The molecule has 12 heteroatoms. The van der Waals surface area contributed by atoms with Crippen molar-refractivity contribution in [3.63, 3.8) is 0 Å². The quantitative estimate of drug-likeness (QED) is 0.240. The predicted molar refractivity (Wildman–Crippen MR) is 151 cm³/mol. The zero-order valence-electron chi connectivity index (χ0n) is 21.8. The number of benzene rings is 2. The maximum Gasteiger partial charge on any atom is 0.335 e. The van der Waals surface area contributed by atoms with Gasteiger partial charge in [-0.15, -0.1) is 0 Å². The lowest BCUT2D eigenvalue weighted by atomic mass is 9.95. The molecule has 1 aliphatic rings. The monoisotopic (exact) mass is 560 g/mol. The number of nitrogens with zero attached hydrogens (tertiary/aromatic N) is 3. The molecular formula is C28H25ClN6O5. The number of anilines is 2. The van der Waals surface area contributed by atoms with Gasteiger partial charge in [-0.1, -0.05) is 36.7 Å². The van der Waals surface area contributed by atoms with Crippen molar-refractivity contribution in [2.75, 3.05) is 17.7 Å². The molecular weight excluding hydrogens is 536 g/mol. The van der Waals surface area contributed by atoms with Crippen LogP contribution in [0.2, 0.25) is 5.02 Å². The molecule has 0 saturated carbocycles. The first-order valence-electron chi connectivity index (χ1n) is 12.3. The van der Waals surface area contributed by atoms with Gasteiger partial charge in [0.15, 0.2) is 5.58 Å². The van der Waals surface area contributed by atoms with E-state index < -0.39 is 17.9 Å². The first-order chi connectivity index (χ1) is 19.3. The molecule has 0 bridgehead atoms. The highest BCUT2D eigenvalue weighted by molar-refractivity contribution is 6.31. The van der Waals surface area contributed by atoms with Crippen molar-refractivity contribution < 1.29 is 23.8 Å². The zero-order valence-corrected chi connectivity index (χ0v) is 22.5. The normalized spacial score (nSPS) is 14.9. The number of carbonyl (C=O) groups is 2. The smallest absolute Gasteiger partial charge is 0.335 e. The number of aromatic carboxylic acids is 1. The fourth-order valence-corrected chi connectivity index (χ4v) is 4.64. The van der Waals surface area contributed by atoms with Crippen LogP contribution in [0.1, 0.15) is 41.4 Å². The Hall–Kier alpha value is -4.90. The molecule has 1 amide bonds. The standard InChI is InChI=1S/C28H25ClN6O5/c1-4-15-6-5-7-20-24(15)40-28(32-20)35-27-31-14(2)22(23(34-27)18-9-8-17(39-3)13-19(18)29)25(36)33-21-12-16(26(37)38)10-11-30-21/h5-13,23H,4H2,1-3H3,(H,37,38)(H,30,33,36)(H2,31,32,34,35). The van der Waals surface area contributed by atoms with Crippen LogP contribution in [0.5, 0.6) is 5.75 Å². The van der Waals surface area contributed by atoms with Crippen LogP contribution < -0.4 is 20.7 Å². The maximum atomic E-state index is 13.5. The van der Waals surface area contributed by atoms with E-state index >= 15 is 0 Å². The van der Waals surface area contributed by atoms with Gasteiger partial charge in [0.2, 0.25) is 5.96 Å². The van der Waals surface area contributed by atoms with E-state index in [0.29, 0.717) is 39.1 Å². The molecule has 2 aromatic heterocycles. The van der Waals surface area contributed by atoms with Gasteiger partial charge in [-0.05, 0) is 49.2 Å². The number of aliphatic imine (C=N–C) groups is 1. The van der Waals surface area contributed by atoms with Gasteiger partial charge >= 0.3 is 12.0 Å². The lowest BCUT2D eigenvalue weighted by molar-refractivity contribution is -0.113. The Morgan fingerprint density at radius 1 is 1.20 bits per heavy atom. The Kier molecular flexibility index (Phi) is 7.39. The number of fused-ring (bicyclic) bond motifs is 1. The summed E-state index contributed by atoms with van der Waals surface area (Å²) in [5, 5.41) is 18.5. The van der Waals surface area contributed by atoms with Crippen LogP contribution in [0.25, 0.3) is 11.1 Å². The average Bonchev–Trinajstić information content (AvgIpc) is 3.35. The summed E-state index contributed by atoms with van der Waals surface area (Å²) in [6, 6.07) is 12.8. The molecule has 11 nitrogen and oxygen atoms in total. The number of carbonyl (C=O) groups excluding carboxylic acids is 1. The minimum absolute atomic E-state index is 0.0124. The van der Waals surface area contributed by atoms with E-state index in [1.54, 1.807) is 25.1 Å². The molecule has 0 radical (unpaired) electrons. The van der Waals surface area contributed by atoms with Crippen molar-refractivity contribution >= 4 is 52.4 Å². The average molecular weight is 561 g/mol. The molecule has 4 N–H and O–H groups in total. The van der Waals surface area contributed by atoms with E-state index in [2.05, 4.69) is 25.9 Å². The lowest BCUT2D eigenvalue weighted by Crippen LogP contribution is -2.37. The second-order valence-corrected chi connectivity index (χ2v) is 9.29. The van der Waals surface area contributed by atoms with Gasteiger partial charge in [0.05, 0.1) is 18.2 Å². The molecule has 0 saturated heterocycles. The number of allylic oxidation sites excluding steroid dienone is 1. The Morgan fingerprint density at radius 2 is 2.02 bits per heavy atom. The Bertz CT molecular complexity index is 1700. The summed E-state index contributed by atoms with van der Waals surface area (Å²) in [4.78, 5) is 38.3. The molecule has 4 aromatic rings. The third-order valence-electron chi connectivity index (χ3n) is 6.34. The number of pyridine rings is 1. The minimum atomic E-state index is -1.14. The fraction of sp³-hybridized carbons (Fsp3) is 0.179. The van der Waals surface area contributed by atoms with Crippen LogP contribution in [0.15, 0.2) is 75.4 Å². The minimum Gasteiger partial charge on any atom is -0.497 e. The van der Waals surface area contributed by atoms with Gasteiger partial charge in [0.25, 0.3) is 5.91 Å². The molecule has 40 heavy (non-hydrogen) atoms. The van der Waals surface area contributed by atoms with Crippen LogP contribution in [0, 0.1) is 0 Å². The third kappa shape index (κ3) is 5.32. The number of ether oxygens (including phenoxy) is 1. The number of hydrogen-bond donors (Lipinski definition) is 4. The Labute approximate surface area is 233 Å². The summed E-state index contributed by atoms with van der Waals surface area (Å²) in [6.45, 7) is 3.76. The topological polar surface area (TPSA) is 151 Å². The SMILES string of the molecule is CCc1cccc2nc(NC3=NC(c4ccc(OC)cc4Cl)C(C(=O)Nc4cc(C(=O)O)ccn4)=C(C)N3)oc12. The van der Waals surface area contributed by atoms with E-state index in [0.717, 1.165) is 12.0 Å². The summed E-state index contributed by atoms with van der Waals surface area (Å²) >= 11 is 6.62. The van der Waals surface area contributed by atoms with E-state index in [-0.39, 0.29) is 23.0 Å². The number of para-hydroxylation sites is 1. The molecule has 0 aliphatic carbocycles. The van der Waals surface area contributed by atoms with E-state index in [1.165, 1.54) is 25.4 Å². The van der Waals surface area contributed by atoms with Crippen LogP contribution in [-0.2, 0) is 11.2 Å². The number of carboxylic acid groups (broad SMARTS) is 1. The molecule has 3 heterocycles. The summed E-state index contributed by atoms with van der Waals surface area (Å²) in [7, 11) is 1.53. The van der Waals surface area contributed by atoms with Crippen molar-refractivity contribution in [3.05, 3.63) is 87.7 Å². The summed E-state index contributed by atoms with van der Waals surface area (Å²) < 4.78 is 11.2. The molecule has 1 unspecified atom stereocenters. The number of carboxylic acids is 1. The van der Waals surface area contributed by atoms with Crippen molar-refractivity contribution in [2.24, 2.45) is 4.99 Å². The third-order valence-corrected chi connectivity index (χ3v) is 6.67. The van der Waals surface area contributed by atoms with Crippen LogP contribution in [0.4, 0.5) is 11.8 Å². The predicted octanol–water partition coefficient (Wildman–Crippen LogP) is 5.17. The number of aryl methyl sites for hydroxylation is 1. The van der Waals surface area contributed by atoms with Gasteiger partial charge in [0, 0.05) is 22.5 Å². The molecule has 204 valence electrons. The van der Waals surface area contributed by atoms with Crippen molar-refractivity contribution in [1.82, 2.24) is 15.3 Å². The van der Waals surface area contributed by atoms with Gasteiger partial charge < -0.3 is 24.9 Å². The van der Waals surface area contributed by atoms with Crippen LogP contribution in [0.3, 0.4) is 0 Å². The fourth-order valence-electron chi connectivity index (χ4n) is 4.37. The van der Waals surface area contributed by atoms with Crippen LogP contribution >= 0.6 is 11.6 Å². The number of guanidine groups is 1. The van der Waals surface area contributed by atoms with Gasteiger partial charge in [-0.2, -0.15) is 4.98 Å². The number of oxazole rings is 1. The molecule has 0 spiro atoms. The van der Waals surface area contributed by atoms with Crippen molar-refractivity contribution in [2.45, 2.75) is 26.3 Å². The van der Waals surface area contributed by atoms with Gasteiger partial charge in [0.1, 0.15) is 23.1 Å². The van der Waals surface area contributed by atoms with Crippen molar-refractivity contribution in [3.8, 4) is 5.75 Å². The number of rotatable bonds is 7. The number of hydrogen-bond acceptors (Lipinski definition) is 9. The van der Waals surface area contributed by atoms with E-state index in [9.17, 15) is 14.7 Å². The largest absolute Gasteiger partial charge is 0.497 e. The maximum absolute atomic E-state index is 13.5. The highest BCUT2D eigenvalue weighted by Crippen LogP contribution is 2.37. The number of aromatic nitrogens is 2. The zero-order chi connectivity index (χ0) is 28.4.